The van der Waals surface area contributed by atoms with E-state index in [9.17, 15) is 13.2 Å². The van der Waals surface area contributed by atoms with Crippen molar-refractivity contribution in [1.29, 1.82) is 0 Å². The van der Waals surface area contributed by atoms with E-state index in [1.165, 1.54) is 4.31 Å². The third-order valence-electron chi connectivity index (χ3n) is 4.49. The second kappa shape index (κ2) is 7.31. The standard InChI is InChI=1S/C16H21ClN4O3S/c1-2-25(23,24)20-9-7-19(8-10-20)16(22)5-6-21-15-11-14(17)4-3-13(15)12-18-21/h3-4,11-12H,2,5-10H2,1H3. The summed E-state index contributed by atoms with van der Waals surface area (Å²) in [5, 5.41) is 5.92. The van der Waals surface area contributed by atoms with Crippen molar-refractivity contribution in [3.8, 4) is 0 Å². The molecule has 0 saturated carbocycles. The van der Waals surface area contributed by atoms with Gasteiger partial charge in [0.1, 0.15) is 0 Å². The second-order valence-corrected chi connectivity index (χ2v) is 8.70. The van der Waals surface area contributed by atoms with E-state index in [0.717, 1.165) is 10.9 Å². The summed E-state index contributed by atoms with van der Waals surface area (Å²) in [5.74, 6) is 0.106. The molecule has 1 aromatic carbocycles. The van der Waals surface area contributed by atoms with Crippen molar-refractivity contribution >= 4 is 38.4 Å². The highest BCUT2D eigenvalue weighted by Crippen LogP contribution is 2.19. The molecule has 0 N–H and O–H groups in total. The summed E-state index contributed by atoms with van der Waals surface area (Å²) in [6.07, 6.45) is 2.08. The lowest BCUT2D eigenvalue weighted by Crippen LogP contribution is -2.51. The summed E-state index contributed by atoms with van der Waals surface area (Å²) in [7, 11) is -3.18. The molecule has 0 aliphatic carbocycles. The van der Waals surface area contributed by atoms with Crippen molar-refractivity contribution in [3.05, 3.63) is 29.4 Å². The van der Waals surface area contributed by atoms with Crippen molar-refractivity contribution in [1.82, 2.24) is 19.0 Å². The van der Waals surface area contributed by atoms with Crippen LogP contribution in [0.15, 0.2) is 24.4 Å². The van der Waals surface area contributed by atoms with Crippen LogP contribution in [0.25, 0.3) is 10.9 Å². The first-order valence-corrected chi connectivity index (χ1v) is 10.3. The molecule has 0 unspecified atom stereocenters. The van der Waals surface area contributed by atoms with Crippen LogP contribution in [0.3, 0.4) is 0 Å². The van der Waals surface area contributed by atoms with E-state index in [2.05, 4.69) is 5.10 Å². The quantitative estimate of drug-likeness (QED) is 0.784. The molecule has 1 aliphatic heterocycles. The summed E-state index contributed by atoms with van der Waals surface area (Å²) in [6, 6.07) is 5.55. The summed E-state index contributed by atoms with van der Waals surface area (Å²) in [4.78, 5) is 14.1. The van der Waals surface area contributed by atoms with Gasteiger partial charge in [0.25, 0.3) is 0 Å². The van der Waals surface area contributed by atoms with Gasteiger partial charge >= 0.3 is 0 Å². The first kappa shape index (κ1) is 18.2. The third kappa shape index (κ3) is 3.96. The normalized spacial score (nSPS) is 16.5. The number of sulfonamides is 1. The smallest absolute Gasteiger partial charge is 0.224 e. The Morgan fingerprint density at radius 3 is 2.64 bits per heavy atom. The maximum absolute atomic E-state index is 12.4. The average Bonchev–Trinajstić information content (AvgIpc) is 3.02. The molecule has 1 amide bonds. The Morgan fingerprint density at radius 1 is 1.24 bits per heavy atom. The van der Waals surface area contributed by atoms with Gasteiger partial charge in [0.2, 0.25) is 15.9 Å². The Balaban J connectivity index is 1.57. The first-order valence-electron chi connectivity index (χ1n) is 8.27. The van der Waals surface area contributed by atoms with Crippen LogP contribution in [-0.2, 0) is 21.4 Å². The van der Waals surface area contributed by atoms with E-state index in [0.29, 0.717) is 44.2 Å². The Hall–Kier alpha value is -1.64. The number of hydrogen-bond donors (Lipinski definition) is 0. The Kier molecular flexibility index (Phi) is 5.31. The number of carbonyl (C=O) groups excluding carboxylic acids is 1. The topological polar surface area (TPSA) is 75.5 Å². The fraction of sp³-hybridized carbons (Fsp3) is 0.500. The number of benzene rings is 1. The van der Waals surface area contributed by atoms with Crippen molar-refractivity contribution in [3.63, 3.8) is 0 Å². The number of fused-ring (bicyclic) bond motifs is 1. The number of aromatic nitrogens is 2. The average molecular weight is 385 g/mol. The number of aryl methyl sites for hydroxylation is 1. The van der Waals surface area contributed by atoms with Gasteiger partial charge < -0.3 is 4.90 Å². The molecule has 136 valence electrons. The maximum atomic E-state index is 12.4. The van der Waals surface area contributed by atoms with E-state index >= 15 is 0 Å². The van der Waals surface area contributed by atoms with Gasteiger partial charge in [-0.3, -0.25) is 9.48 Å². The van der Waals surface area contributed by atoms with Gasteiger partial charge in [0.15, 0.2) is 0 Å². The Labute approximate surface area is 152 Å². The number of amides is 1. The van der Waals surface area contributed by atoms with Gasteiger partial charge in [-0.1, -0.05) is 11.6 Å². The number of carbonyl (C=O) groups is 1. The maximum Gasteiger partial charge on any atom is 0.224 e. The summed E-state index contributed by atoms with van der Waals surface area (Å²) < 4.78 is 27.0. The van der Waals surface area contributed by atoms with Gasteiger partial charge in [0.05, 0.1) is 24.0 Å². The fourth-order valence-electron chi connectivity index (χ4n) is 2.98. The molecule has 9 heteroatoms. The van der Waals surface area contributed by atoms with E-state index in [1.807, 2.05) is 18.2 Å². The zero-order valence-corrected chi connectivity index (χ0v) is 15.6. The van der Waals surface area contributed by atoms with E-state index < -0.39 is 10.0 Å². The predicted octanol–water partition coefficient (Wildman–Crippen LogP) is 1.57. The van der Waals surface area contributed by atoms with Crippen LogP contribution in [0.4, 0.5) is 0 Å². The molecule has 0 spiro atoms. The molecule has 2 heterocycles. The molecule has 3 rings (SSSR count). The van der Waals surface area contributed by atoms with Gasteiger partial charge in [-0.15, -0.1) is 0 Å². The second-order valence-electron chi connectivity index (χ2n) is 6.00. The molecule has 2 aromatic rings. The van der Waals surface area contributed by atoms with E-state index in [-0.39, 0.29) is 11.7 Å². The van der Waals surface area contributed by atoms with Gasteiger partial charge in [-0.05, 0) is 25.1 Å². The van der Waals surface area contributed by atoms with Crippen molar-refractivity contribution in [2.75, 3.05) is 31.9 Å². The number of halogens is 1. The summed E-state index contributed by atoms with van der Waals surface area (Å²) >= 11 is 6.02. The van der Waals surface area contributed by atoms with Gasteiger partial charge in [0, 0.05) is 43.0 Å². The molecule has 7 nitrogen and oxygen atoms in total. The number of hydrogen-bond acceptors (Lipinski definition) is 4. The molecule has 1 aliphatic rings. The highest BCUT2D eigenvalue weighted by molar-refractivity contribution is 7.89. The van der Waals surface area contributed by atoms with Crippen LogP contribution in [0.5, 0.6) is 0 Å². The van der Waals surface area contributed by atoms with Gasteiger partial charge in [-0.2, -0.15) is 9.40 Å². The number of rotatable bonds is 5. The molecule has 25 heavy (non-hydrogen) atoms. The zero-order chi connectivity index (χ0) is 18.0. The van der Waals surface area contributed by atoms with Crippen LogP contribution < -0.4 is 0 Å². The fourth-order valence-corrected chi connectivity index (χ4v) is 4.23. The Morgan fingerprint density at radius 2 is 1.96 bits per heavy atom. The van der Waals surface area contributed by atoms with Crippen molar-refractivity contribution in [2.24, 2.45) is 0 Å². The van der Waals surface area contributed by atoms with Crippen LogP contribution in [0, 0.1) is 0 Å². The van der Waals surface area contributed by atoms with Crippen LogP contribution >= 0.6 is 11.6 Å². The molecular weight excluding hydrogens is 364 g/mol. The van der Waals surface area contributed by atoms with Crippen molar-refractivity contribution in [2.45, 2.75) is 19.9 Å². The van der Waals surface area contributed by atoms with E-state index in [4.69, 9.17) is 11.6 Å². The number of nitrogens with zero attached hydrogens (tertiary/aromatic N) is 4. The minimum absolute atomic E-state index is 0.0132. The van der Waals surface area contributed by atoms with Crippen LogP contribution in [-0.4, -0.2) is 65.2 Å². The monoisotopic (exact) mass is 384 g/mol. The predicted molar refractivity (Wildman–Crippen MR) is 97.0 cm³/mol. The largest absolute Gasteiger partial charge is 0.340 e. The lowest BCUT2D eigenvalue weighted by atomic mass is 10.2. The molecule has 0 bridgehead atoms. The van der Waals surface area contributed by atoms with E-state index in [1.54, 1.807) is 22.7 Å². The van der Waals surface area contributed by atoms with Gasteiger partial charge in [-0.25, -0.2) is 8.42 Å². The highest BCUT2D eigenvalue weighted by Gasteiger charge is 2.27. The molecular formula is C16H21ClN4O3S. The first-order chi connectivity index (χ1) is 11.9. The summed E-state index contributed by atoms with van der Waals surface area (Å²) in [5.41, 5.74) is 0.902. The minimum atomic E-state index is -3.18. The third-order valence-corrected chi connectivity index (χ3v) is 6.61. The summed E-state index contributed by atoms with van der Waals surface area (Å²) in [6.45, 7) is 3.70. The Bertz CT molecular complexity index is 873. The lowest BCUT2D eigenvalue weighted by Gasteiger charge is -2.33. The van der Waals surface area contributed by atoms with Crippen molar-refractivity contribution < 1.29 is 13.2 Å². The SMILES string of the molecule is CCS(=O)(=O)N1CCN(C(=O)CCn2ncc3ccc(Cl)cc32)CC1. The zero-order valence-electron chi connectivity index (χ0n) is 14.1. The van der Waals surface area contributed by atoms with Crippen LogP contribution in [0.2, 0.25) is 5.02 Å². The molecule has 0 radical (unpaired) electrons. The molecule has 0 atom stereocenters. The molecule has 1 saturated heterocycles. The minimum Gasteiger partial charge on any atom is -0.340 e. The number of piperazine rings is 1. The molecule has 1 fully saturated rings. The lowest BCUT2D eigenvalue weighted by molar-refractivity contribution is -0.132. The highest BCUT2D eigenvalue weighted by atomic mass is 35.5. The van der Waals surface area contributed by atoms with Crippen LogP contribution in [0.1, 0.15) is 13.3 Å². The molecule has 1 aromatic heterocycles.